The van der Waals surface area contributed by atoms with Gasteiger partial charge in [0.2, 0.25) is 0 Å². The summed E-state index contributed by atoms with van der Waals surface area (Å²) in [5, 5.41) is 4.66. The molecule has 0 amide bonds. The highest BCUT2D eigenvalue weighted by atomic mass is 127. The van der Waals surface area contributed by atoms with Crippen molar-refractivity contribution in [1.29, 1.82) is 0 Å². The lowest BCUT2D eigenvalue weighted by Gasteiger charge is -2.11. The summed E-state index contributed by atoms with van der Waals surface area (Å²) in [7, 11) is 0. The minimum absolute atomic E-state index is 0.497. The smallest absolute Gasteiger partial charge is 0.139 e. The maximum Gasteiger partial charge on any atom is 0.139 e. The first-order valence-electron chi connectivity index (χ1n) is 7.70. The molecule has 1 fully saturated rings. The van der Waals surface area contributed by atoms with E-state index in [0.29, 0.717) is 18.3 Å². The van der Waals surface area contributed by atoms with Gasteiger partial charge < -0.3 is 15.6 Å². The highest BCUT2D eigenvalue weighted by molar-refractivity contribution is 14.2. The van der Waals surface area contributed by atoms with Crippen LogP contribution in [-0.2, 0) is 6.54 Å². The van der Waals surface area contributed by atoms with Gasteiger partial charge in [0.05, 0.1) is 6.37 Å². The summed E-state index contributed by atoms with van der Waals surface area (Å²) in [5.74, 6) is 0.679. The molecule has 122 valence electrons. The van der Waals surface area contributed by atoms with E-state index in [1.54, 1.807) is 6.20 Å². The second-order valence-corrected chi connectivity index (χ2v) is 7.86. The number of nitrogens with two attached hydrogens (primary N) is 1. The van der Waals surface area contributed by atoms with E-state index >= 15 is 0 Å². The number of pyridine rings is 1. The number of halogens is 1. The minimum Gasteiger partial charge on any atom is -0.404 e. The van der Waals surface area contributed by atoms with E-state index in [2.05, 4.69) is 66.9 Å². The number of aromatic nitrogens is 2. The Labute approximate surface area is 151 Å². The summed E-state index contributed by atoms with van der Waals surface area (Å²) in [6.45, 7) is 4.35. The molecule has 1 saturated heterocycles. The van der Waals surface area contributed by atoms with Crippen LogP contribution in [0.1, 0.15) is 18.9 Å². The minimum atomic E-state index is 0.497. The van der Waals surface area contributed by atoms with Crippen LogP contribution in [0.4, 0.5) is 0 Å². The molecule has 1 aliphatic rings. The molecule has 2 aromatic heterocycles. The number of fused-ring (bicyclic) bond motifs is 1. The third-order valence-electron chi connectivity index (χ3n) is 4.26. The van der Waals surface area contributed by atoms with Gasteiger partial charge in [0.25, 0.3) is 0 Å². The van der Waals surface area contributed by atoms with Crippen molar-refractivity contribution in [2.75, 3.05) is 6.54 Å². The van der Waals surface area contributed by atoms with Gasteiger partial charge in [0.1, 0.15) is 5.65 Å². The molecule has 3 rings (SSSR count). The number of hydrogen-bond acceptors (Lipinski definition) is 4. The van der Waals surface area contributed by atoms with Crippen LogP contribution in [0.15, 0.2) is 35.5 Å². The molecule has 2 unspecified atom stereocenters. The van der Waals surface area contributed by atoms with Crippen LogP contribution in [0.3, 0.4) is 0 Å². The topological polar surface area (TPSA) is 68.2 Å². The summed E-state index contributed by atoms with van der Waals surface area (Å²) in [6, 6.07) is 4.88. The lowest BCUT2D eigenvalue weighted by atomic mass is 10.1. The summed E-state index contributed by atoms with van der Waals surface area (Å²) < 4.78 is 6.54. The maximum atomic E-state index is 5.72. The van der Waals surface area contributed by atoms with Gasteiger partial charge in [-0.05, 0) is 60.0 Å². The van der Waals surface area contributed by atoms with Crippen molar-refractivity contribution in [3.8, 4) is 0 Å². The Morgan fingerprint density at radius 1 is 1.65 bits per heavy atom. The van der Waals surface area contributed by atoms with Crippen molar-refractivity contribution in [2.45, 2.75) is 25.9 Å². The molecule has 3 N–H and O–H groups in total. The van der Waals surface area contributed by atoms with E-state index in [4.69, 9.17) is 5.73 Å². The molecule has 2 aromatic rings. The van der Waals surface area contributed by atoms with Gasteiger partial charge in [-0.1, -0.05) is 0 Å². The van der Waals surface area contributed by atoms with E-state index in [0.717, 1.165) is 35.3 Å². The van der Waals surface area contributed by atoms with Gasteiger partial charge in [-0.2, -0.15) is 0 Å². The van der Waals surface area contributed by atoms with Crippen molar-refractivity contribution < 1.29 is 0 Å². The molecule has 3 heterocycles. The van der Waals surface area contributed by atoms with Crippen molar-refractivity contribution in [3.63, 3.8) is 0 Å². The molecule has 23 heavy (non-hydrogen) atoms. The Bertz CT molecular complexity index is 739. The first-order valence-corrected chi connectivity index (χ1v) is 11.8. The van der Waals surface area contributed by atoms with Crippen molar-refractivity contribution in [3.05, 3.63) is 36.3 Å². The molecule has 1 aliphatic heterocycles. The summed E-state index contributed by atoms with van der Waals surface area (Å²) >= 11 is 2.24. The fourth-order valence-corrected chi connectivity index (χ4v) is 3.75. The molecule has 5 nitrogen and oxygen atoms in total. The van der Waals surface area contributed by atoms with Crippen molar-refractivity contribution >= 4 is 51.2 Å². The Balaban J connectivity index is 1.83. The van der Waals surface area contributed by atoms with E-state index < -0.39 is 0 Å². The fourth-order valence-electron chi connectivity index (χ4n) is 3.14. The Hall–Kier alpha value is -0.980. The van der Waals surface area contributed by atoms with Crippen LogP contribution in [0.2, 0.25) is 0 Å². The monoisotopic (exact) mass is 441 g/mol. The van der Waals surface area contributed by atoms with Crippen LogP contribution in [0.5, 0.6) is 0 Å². The molecular formula is C16H21IN5P. The average molecular weight is 441 g/mol. The van der Waals surface area contributed by atoms with Gasteiger partial charge in [-0.3, -0.25) is 4.76 Å². The normalized spacial score (nSPS) is 23.0. The second-order valence-electron chi connectivity index (χ2n) is 5.98. The lowest BCUT2D eigenvalue weighted by molar-refractivity contribution is 0.481. The fraction of sp³-hybridized carbons (Fsp3) is 0.375. The highest BCUT2D eigenvalue weighted by Gasteiger charge is 2.21. The molecule has 0 aliphatic carbocycles. The Morgan fingerprint density at radius 2 is 2.52 bits per heavy atom. The zero-order chi connectivity index (χ0) is 16.2. The molecular weight excluding hydrogens is 420 g/mol. The molecule has 3 atom stereocenters. The molecule has 7 heteroatoms. The Kier molecular flexibility index (Phi) is 5.67. The summed E-state index contributed by atoms with van der Waals surface area (Å²) in [4.78, 5) is 4.66. The van der Waals surface area contributed by atoms with Gasteiger partial charge in [0.15, 0.2) is 0 Å². The summed E-state index contributed by atoms with van der Waals surface area (Å²) in [6.07, 6.45) is 9.15. The van der Waals surface area contributed by atoms with Gasteiger partial charge in [0, 0.05) is 53.9 Å². The molecule has 0 radical (unpaired) electrons. The average Bonchev–Trinajstić information content (AvgIpc) is 3.15. The largest absolute Gasteiger partial charge is 0.404 e. The van der Waals surface area contributed by atoms with Crippen molar-refractivity contribution in [2.24, 2.45) is 16.4 Å². The zero-order valence-corrected chi connectivity index (χ0v) is 16.2. The number of rotatable bonds is 5. The quantitative estimate of drug-likeness (QED) is 0.425. The highest BCUT2D eigenvalue weighted by Crippen LogP contribution is 2.25. The van der Waals surface area contributed by atoms with Gasteiger partial charge >= 0.3 is 0 Å². The van der Waals surface area contributed by atoms with E-state index in [1.165, 1.54) is 6.42 Å². The molecule has 0 aromatic carbocycles. The van der Waals surface area contributed by atoms with Crippen LogP contribution in [0, 0.1) is 5.92 Å². The second kappa shape index (κ2) is 7.73. The van der Waals surface area contributed by atoms with E-state index in [-0.39, 0.29) is 0 Å². The number of nitrogens with zero attached hydrogens (tertiary/aromatic N) is 3. The first-order chi connectivity index (χ1) is 11.2. The van der Waals surface area contributed by atoms with E-state index in [1.807, 2.05) is 12.4 Å². The molecule has 0 saturated carbocycles. The SMILES string of the molecule is C[C@H]1CC(Cn2ccc3cc(C(C=NPI)=CN)cnc32)CN1. The third-order valence-corrected chi connectivity index (χ3v) is 5.33. The van der Waals surface area contributed by atoms with Crippen LogP contribution < -0.4 is 11.1 Å². The standard InChI is InChI=1S/C16H21IN5P/c1-11-4-12(7-19-11)10-22-3-2-13-5-14(8-20-16(13)22)15(6-18)9-21-23-17/h2-3,5-6,8-9,11-12,19,23H,4,7,10,18H2,1H3/t11-,12?/m0/s1. The number of hydrogen-bond donors (Lipinski definition) is 2. The third kappa shape index (κ3) is 3.92. The number of allylic oxidation sites excluding steroid dienone is 1. The molecule has 0 spiro atoms. The van der Waals surface area contributed by atoms with Crippen LogP contribution >= 0.6 is 28.4 Å². The van der Waals surface area contributed by atoms with Crippen LogP contribution in [-0.4, -0.2) is 28.4 Å². The van der Waals surface area contributed by atoms with Crippen LogP contribution in [0.25, 0.3) is 16.6 Å². The van der Waals surface area contributed by atoms with E-state index in [9.17, 15) is 0 Å². The van der Waals surface area contributed by atoms with Gasteiger partial charge in [-0.25, -0.2) is 4.98 Å². The first kappa shape index (κ1) is 16.9. The number of nitrogens with one attached hydrogen (secondary N) is 1. The summed E-state index contributed by atoms with van der Waals surface area (Å²) in [5.41, 5.74) is 8.68. The predicted molar refractivity (Wildman–Crippen MR) is 108 cm³/mol. The van der Waals surface area contributed by atoms with Gasteiger partial charge in [-0.15, -0.1) is 0 Å². The zero-order valence-electron chi connectivity index (χ0n) is 13.0. The lowest BCUT2D eigenvalue weighted by Crippen LogP contribution is -2.17. The molecule has 0 bridgehead atoms. The maximum absolute atomic E-state index is 5.72. The van der Waals surface area contributed by atoms with Crippen molar-refractivity contribution in [1.82, 2.24) is 14.9 Å². The Morgan fingerprint density at radius 3 is 3.22 bits per heavy atom. The predicted octanol–water partition coefficient (Wildman–Crippen LogP) is 3.35.